The Morgan fingerprint density at radius 1 is 1.07 bits per heavy atom. The lowest BCUT2D eigenvalue weighted by Gasteiger charge is -2.26. The Hall–Kier alpha value is -2.28. The molecule has 0 unspecified atom stereocenters. The summed E-state index contributed by atoms with van der Waals surface area (Å²) in [7, 11) is 2.23. The summed E-state index contributed by atoms with van der Waals surface area (Å²) in [4.78, 5) is 0. The highest BCUT2D eigenvalue weighted by Crippen LogP contribution is 2.40. The van der Waals surface area contributed by atoms with Gasteiger partial charge in [-0.25, -0.2) is 0 Å². The molecule has 1 aliphatic carbocycles. The van der Waals surface area contributed by atoms with Crippen LogP contribution in [0.15, 0.2) is 70.3 Å². The van der Waals surface area contributed by atoms with Crippen molar-refractivity contribution in [2.45, 2.75) is 74.1 Å². The van der Waals surface area contributed by atoms with Crippen LogP contribution in [0.5, 0.6) is 0 Å². The van der Waals surface area contributed by atoms with Gasteiger partial charge in [0.1, 0.15) is 7.85 Å². The maximum absolute atomic E-state index is 4.39. The van der Waals surface area contributed by atoms with E-state index in [0.29, 0.717) is 0 Å². The summed E-state index contributed by atoms with van der Waals surface area (Å²) in [5.41, 5.74) is 15.1. The SMILES string of the molecule is B\C(=C/C=C(C)\C(C)=C1/C(C)=C(/C)C(=C)CCc2ccc(/C=C\C)c(C)c21)CCC. The maximum Gasteiger partial charge on any atom is 0.133 e. The van der Waals surface area contributed by atoms with Crippen LogP contribution >= 0.6 is 0 Å². The summed E-state index contributed by atoms with van der Waals surface area (Å²) in [5, 5.41) is 0. The molecule has 0 spiro atoms. The molecular weight excluding hydrogens is 359 g/mol. The van der Waals surface area contributed by atoms with Gasteiger partial charge >= 0.3 is 0 Å². The molecule has 1 aromatic rings. The molecule has 0 radical (unpaired) electrons. The molecule has 1 aliphatic rings. The molecule has 0 N–H and O–H groups in total. The van der Waals surface area contributed by atoms with Crippen LogP contribution in [0.25, 0.3) is 11.6 Å². The zero-order valence-electron chi connectivity index (χ0n) is 20.5. The Balaban J connectivity index is 2.84. The molecule has 1 aromatic carbocycles. The minimum Gasteiger partial charge on any atom is -0.110 e. The van der Waals surface area contributed by atoms with Gasteiger partial charge in [0.25, 0.3) is 0 Å². The first kappa shape index (κ1) is 24.0. The fourth-order valence-electron chi connectivity index (χ4n) is 4.35. The van der Waals surface area contributed by atoms with E-state index in [4.69, 9.17) is 0 Å². The summed E-state index contributed by atoms with van der Waals surface area (Å²) in [5.74, 6) is 0. The van der Waals surface area contributed by atoms with Gasteiger partial charge in [-0.2, -0.15) is 0 Å². The van der Waals surface area contributed by atoms with Crippen LogP contribution in [-0.2, 0) is 6.42 Å². The molecule has 0 fully saturated rings. The van der Waals surface area contributed by atoms with Gasteiger partial charge in [0.2, 0.25) is 0 Å². The van der Waals surface area contributed by atoms with E-state index >= 15 is 0 Å². The van der Waals surface area contributed by atoms with E-state index < -0.39 is 0 Å². The van der Waals surface area contributed by atoms with Crippen molar-refractivity contribution in [3.05, 3.63) is 92.5 Å². The van der Waals surface area contributed by atoms with E-state index in [1.807, 2.05) is 0 Å². The number of aryl methyl sites for hydroxylation is 1. The minimum absolute atomic E-state index is 1.03. The molecule has 0 amide bonds. The Morgan fingerprint density at radius 3 is 2.40 bits per heavy atom. The lowest BCUT2D eigenvalue weighted by Crippen LogP contribution is -2.08. The fourth-order valence-corrected chi connectivity index (χ4v) is 4.35. The number of hydrogen-bond acceptors (Lipinski definition) is 0. The molecule has 0 atom stereocenters. The summed E-state index contributed by atoms with van der Waals surface area (Å²) < 4.78 is 0. The van der Waals surface area contributed by atoms with Crippen molar-refractivity contribution in [3.63, 3.8) is 0 Å². The zero-order chi connectivity index (χ0) is 22.4. The van der Waals surface area contributed by atoms with Crippen LogP contribution in [0, 0.1) is 6.92 Å². The lowest BCUT2D eigenvalue weighted by atomic mass is 9.78. The van der Waals surface area contributed by atoms with Crippen molar-refractivity contribution in [1.82, 2.24) is 0 Å². The first-order chi connectivity index (χ1) is 14.2. The average molecular weight is 398 g/mol. The molecule has 158 valence electrons. The van der Waals surface area contributed by atoms with Crippen molar-refractivity contribution in [1.29, 1.82) is 0 Å². The average Bonchev–Trinajstić information content (AvgIpc) is 2.72. The predicted molar refractivity (Wildman–Crippen MR) is 140 cm³/mol. The monoisotopic (exact) mass is 398 g/mol. The molecule has 0 nitrogen and oxygen atoms in total. The van der Waals surface area contributed by atoms with Crippen LogP contribution in [-0.4, -0.2) is 7.85 Å². The Labute approximate surface area is 186 Å². The highest BCUT2D eigenvalue weighted by molar-refractivity contribution is 6.21. The highest BCUT2D eigenvalue weighted by atomic mass is 14.3. The minimum atomic E-state index is 1.03. The predicted octanol–water partition coefficient (Wildman–Crippen LogP) is 7.90. The van der Waals surface area contributed by atoms with Crippen molar-refractivity contribution < 1.29 is 0 Å². The first-order valence-electron chi connectivity index (χ1n) is 11.4. The van der Waals surface area contributed by atoms with Crippen LogP contribution < -0.4 is 0 Å². The lowest BCUT2D eigenvalue weighted by molar-refractivity contribution is 0.932. The van der Waals surface area contributed by atoms with Crippen LogP contribution in [0.4, 0.5) is 0 Å². The third-order valence-corrected chi connectivity index (χ3v) is 6.58. The molecule has 2 rings (SSSR count). The van der Waals surface area contributed by atoms with Crippen LogP contribution in [0.2, 0.25) is 0 Å². The molecule has 0 aromatic heterocycles. The molecular formula is C29H39B. The standard InChI is InChI=1S/C29H39B/c1-9-11-25-16-17-26-15-13-19(3)21(5)23(7)28(29(26)24(25)8)22(6)20(4)14-18-27(30)12-10-2/h9,11,14,16-18H,3,10,12-13,15,30H2,1-2,4-8H3/b11-9-,20-14-,23-21-,27-18-,28-22+. The topological polar surface area (TPSA) is 0 Å². The van der Waals surface area contributed by atoms with Crippen molar-refractivity contribution >= 4 is 19.5 Å². The second-order valence-corrected chi connectivity index (χ2v) is 8.78. The fraction of sp³-hybridized carbons (Fsp3) is 0.379. The van der Waals surface area contributed by atoms with Crippen LogP contribution in [0.3, 0.4) is 0 Å². The Morgan fingerprint density at radius 2 is 1.77 bits per heavy atom. The number of hydrogen-bond donors (Lipinski definition) is 0. The second-order valence-electron chi connectivity index (χ2n) is 8.78. The van der Waals surface area contributed by atoms with Gasteiger partial charge in [0.15, 0.2) is 0 Å². The molecule has 0 aliphatic heterocycles. The summed E-state index contributed by atoms with van der Waals surface area (Å²) in [6.45, 7) is 20.1. The van der Waals surface area contributed by atoms with E-state index in [1.54, 1.807) is 0 Å². The summed E-state index contributed by atoms with van der Waals surface area (Å²) in [6, 6.07) is 4.60. The molecule has 0 saturated heterocycles. The highest BCUT2D eigenvalue weighted by Gasteiger charge is 2.21. The molecule has 0 saturated carbocycles. The zero-order valence-corrected chi connectivity index (χ0v) is 20.5. The van der Waals surface area contributed by atoms with Gasteiger partial charge in [-0.15, -0.1) is 5.47 Å². The van der Waals surface area contributed by atoms with Gasteiger partial charge < -0.3 is 0 Å². The quantitative estimate of drug-likeness (QED) is 0.349. The smallest absolute Gasteiger partial charge is 0.110 e. The van der Waals surface area contributed by atoms with E-state index in [1.165, 1.54) is 67.6 Å². The Bertz CT molecular complexity index is 974. The second kappa shape index (κ2) is 10.7. The third kappa shape index (κ3) is 5.25. The number of fused-ring (bicyclic) bond motifs is 1. The molecule has 0 heterocycles. The normalized spacial score (nSPS) is 20.3. The van der Waals surface area contributed by atoms with E-state index in [0.717, 1.165) is 19.3 Å². The summed E-state index contributed by atoms with van der Waals surface area (Å²) in [6.07, 6.45) is 13.4. The van der Waals surface area contributed by atoms with E-state index in [-0.39, 0.29) is 0 Å². The molecule has 1 heteroatoms. The van der Waals surface area contributed by atoms with Gasteiger partial charge in [-0.3, -0.25) is 0 Å². The maximum atomic E-state index is 4.39. The molecule has 0 bridgehead atoms. The largest absolute Gasteiger partial charge is 0.133 e. The number of rotatable bonds is 5. The number of benzene rings is 1. The summed E-state index contributed by atoms with van der Waals surface area (Å²) >= 11 is 0. The van der Waals surface area contributed by atoms with E-state index in [2.05, 4.69) is 99.3 Å². The Kier molecular flexibility index (Phi) is 8.53. The first-order valence-corrected chi connectivity index (χ1v) is 11.4. The van der Waals surface area contributed by atoms with Crippen molar-refractivity contribution in [2.24, 2.45) is 0 Å². The van der Waals surface area contributed by atoms with Crippen molar-refractivity contribution in [3.8, 4) is 0 Å². The van der Waals surface area contributed by atoms with Crippen molar-refractivity contribution in [2.75, 3.05) is 0 Å². The van der Waals surface area contributed by atoms with Gasteiger partial charge in [-0.05, 0) is 111 Å². The van der Waals surface area contributed by atoms with Gasteiger partial charge in [0, 0.05) is 0 Å². The third-order valence-electron chi connectivity index (χ3n) is 6.58. The van der Waals surface area contributed by atoms with E-state index in [9.17, 15) is 0 Å². The number of allylic oxidation sites excluding steroid dienone is 10. The van der Waals surface area contributed by atoms with Gasteiger partial charge in [0.05, 0.1) is 0 Å². The van der Waals surface area contributed by atoms with Crippen LogP contribution in [0.1, 0.15) is 83.1 Å². The molecule has 30 heavy (non-hydrogen) atoms. The van der Waals surface area contributed by atoms with Gasteiger partial charge in [-0.1, -0.05) is 61.9 Å².